The average molecular weight is 181 g/mol. The van der Waals surface area contributed by atoms with Gasteiger partial charge in [-0.1, -0.05) is 0 Å². The second-order valence-electron chi connectivity index (χ2n) is 2.62. The topological polar surface area (TPSA) is 99.3 Å². The minimum Gasteiger partial charge on any atom is -0.370 e. The van der Waals surface area contributed by atoms with Gasteiger partial charge < -0.3 is 16.0 Å². The summed E-state index contributed by atoms with van der Waals surface area (Å²) in [5.74, 6) is 0.124. The van der Waals surface area contributed by atoms with Gasteiger partial charge in [-0.25, -0.2) is 4.98 Å². The zero-order valence-corrected chi connectivity index (χ0v) is 7.48. The third-order valence-corrected chi connectivity index (χ3v) is 1.47. The molecule has 0 radical (unpaired) electrons. The van der Waals surface area contributed by atoms with Gasteiger partial charge in [0.25, 0.3) is 0 Å². The first-order chi connectivity index (χ1) is 6.02. The average Bonchev–Trinajstić information content (AvgIpc) is 2.32. The summed E-state index contributed by atoms with van der Waals surface area (Å²) < 4.78 is 1.58. The van der Waals surface area contributed by atoms with E-state index < -0.39 is 0 Å². The molecule has 0 bridgehead atoms. The van der Waals surface area contributed by atoms with Gasteiger partial charge in [0.2, 0.25) is 0 Å². The molecule has 70 valence electrons. The van der Waals surface area contributed by atoms with Crippen LogP contribution in [-0.2, 0) is 7.05 Å². The summed E-state index contributed by atoms with van der Waals surface area (Å²) in [4.78, 5) is 18.7. The molecule has 1 heterocycles. The van der Waals surface area contributed by atoms with E-state index in [1.807, 2.05) is 0 Å². The molecule has 0 spiro atoms. The molecule has 0 atom stereocenters. The van der Waals surface area contributed by atoms with Crippen LogP contribution in [0.3, 0.4) is 0 Å². The van der Waals surface area contributed by atoms with E-state index in [2.05, 4.69) is 9.98 Å². The maximum atomic E-state index is 11.0. The van der Waals surface area contributed by atoms with Crippen molar-refractivity contribution in [3.05, 3.63) is 12.0 Å². The van der Waals surface area contributed by atoms with Crippen molar-refractivity contribution in [2.24, 2.45) is 23.5 Å². The van der Waals surface area contributed by atoms with Crippen LogP contribution in [0.4, 0.5) is 5.82 Å². The van der Waals surface area contributed by atoms with Gasteiger partial charge in [0.05, 0.1) is 6.33 Å². The van der Waals surface area contributed by atoms with Crippen LogP contribution in [0.2, 0.25) is 0 Å². The Hall–Kier alpha value is -1.85. The largest absolute Gasteiger partial charge is 0.370 e. The molecule has 4 N–H and O–H groups in total. The minimum absolute atomic E-state index is 0.0916. The number of nitrogens with two attached hydrogens (primary N) is 2. The van der Waals surface area contributed by atoms with E-state index in [9.17, 15) is 4.79 Å². The van der Waals surface area contributed by atoms with Gasteiger partial charge in [-0.3, -0.25) is 4.79 Å². The number of carbonyl (C=O) groups excluding carboxylic acids is 1. The number of hydrogen-bond donors (Lipinski definition) is 2. The fraction of sp³-hybridized carbons (Fsp3) is 0.286. The molecule has 0 fully saturated rings. The van der Waals surface area contributed by atoms with Crippen molar-refractivity contribution in [1.29, 1.82) is 0 Å². The zero-order chi connectivity index (χ0) is 10.0. The number of hydrogen-bond acceptors (Lipinski definition) is 3. The number of carbonyl (C=O) groups is 1. The summed E-state index contributed by atoms with van der Waals surface area (Å²) in [6, 6.07) is 0. The van der Waals surface area contributed by atoms with Crippen LogP contribution in [0.25, 0.3) is 0 Å². The second kappa shape index (κ2) is 3.26. The summed E-state index contributed by atoms with van der Waals surface area (Å²) in [6.07, 6.45) is 1.48. The number of rotatable bonds is 2. The highest BCUT2D eigenvalue weighted by Crippen LogP contribution is 2.16. The Morgan fingerprint density at radius 3 is 2.69 bits per heavy atom. The lowest BCUT2D eigenvalue weighted by Crippen LogP contribution is -2.22. The van der Waals surface area contributed by atoms with Gasteiger partial charge in [0, 0.05) is 14.0 Å². The molecule has 0 saturated heterocycles. The smallest absolute Gasteiger partial charge is 0.192 e. The van der Waals surface area contributed by atoms with Gasteiger partial charge in [0.1, 0.15) is 0 Å². The van der Waals surface area contributed by atoms with E-state index in [1.165, 1.54) is 13.3 Å². The molecule has 1 aromatic heterocycles. The van der Waals surface area contributed by atoms with Gasteiger partial charge >= 0.3 is 0 Å². The van der Waals surface area contributed by atoms with Gasteiger partial charge in [-0.15, -0.1) is 0 Å². The SMILES string of the molecule is CC(=O)c1ncn(C)c1N=C(N)N. The van der Waals surface area contributed by atoms with Crippen molar-refractivity contribution >= 4 is 17.6 Å². The standard InChI is InChI=1S/C7H11N5O/c1-4(13)5-6(11-7(8)9)12(2)3-10-5/h3H,1-2H3,(H4,8,9,11). The van der Waals surface area contributed by atoms with E-state index in [4.69, 9.17) is 11.5 Å². The lowest BCUT2D eigenvalue weighted by atomic mass is 10.3. The van der Waals surface area contributed by atoms with Crippen LogP contribution >= 0.6 is 0 Å². The predicted octanol–water partition coefficient (Wildman–Crippen LogP) is -0.472. The molecule has 6 heteroatoms. The van der Waals surface area contributed by atoms with Crippen LogP contribution < -0.4 is 11.5 Å². The Morgan fingerprint density at radius 2 is 2.23 bits per heavy atom. The molecule has 0 aliphatic rings. The number of aliphatic imine (C=N–C) groups is 1. The molecule has 0 unspecified atom stereocenters. The van der Waals surface area contributed by atoms with Gasteiger partial charge in [0.15, 0.2) is 23.3 Å². The number of nitrogens with zero attached hydrogens (tertiary/aromatic N) is 3. The summed E-state index contributed by atoms with van der Waals surface area (Å²) in [5.41, 5.74) is 10.7. The molecule has 0 aliphatic carbocycles. The first-order valence-electron chi connectivity index (χ1n) is 3.64. The molecule has 0 amide bonds. The van der Waals surface area contributed by atoms with Crippen LogP contribution in [0.5, 0.6) is 0 Å². The molecule has 1 rings (SSSR count). The van der Waals surface area contributed by atoms with Crippen molar-refractivity contribution < 1.29 is 4.79 Å². The number of imidazole rings is 1. The number of aryl methyl sites for hydroxylation is 1. The summed E-state index contributed by atoms with van der Waals surface area (Å²) in [7, 11) is 1.71. The second-order valence-corrected chi connectivity index (χ2v) is 2.62. The highest BCUT2D eigenvalue weighted by Gasteiger charge is 2.11. The van der Waals surface area contributed by atoms with Crippen LogP contribution in [-0.4, -0.2) is 21.3 Å². The third kappa shape index (κ3) is 1.84. The van der Waals surface area contributed by atoms with Gasteiger partial charge in [-0.05, 0) is 0 Å². The maximum absolute atomic E-state index is 11.0. The predicted molar refractivity (Wildman–Crippen MR) is 48.7 cm³/mol. The highest BCUT2D eigenvalue weighted by atomic mass is 16.1. The van der Waals surface area contributed by atoms with Gasteiger partial charge in [-0.2, -0.15) is 4.99 Å². The molecule has 0 saturated carbocycles. The first-order valence-corrected chi connectivity index (χ1v) is 3.64. The first kappa shape index (κ1) is 9.24. The quantitative estimate of drug-likeness (QED) is 0.366. The van der Waals surface area contributed by atoms with E-state index in [1.54, 1.807) is 11.6 Å². The van der Waals surface area contributed by atoms with E-state index in [0.29, 0.717) is 5.82 Å². The van der Waals surface area contributed by atoms with Crippen LogP contribution in [0.15, 0.2) is 11.3 Å². The van der Waals surface area contributed by atoms with Crippen molar-refractivity contribution in [2.45, 2.75) is 6.92 Å². The van der Waals surface area contributed by atoms with E-state index in [-0.39, 0.29) is 17.4 Å². The molecule has 13 heavy (non-hydrogen) atoms. The van der Waals surface area contributed by atoms with Crippen molar-refractivity contribution in [3.63, 3.8) is 0 Å². The minimum atomic E-state index is -0.166. The lowest BCUT2D eigenvalue weighted by molar-refractivity contribution is 0.101. The molecule has 6 nitrogen and oxygen atoms in total. The zero-order valence-electron chi connectivity index (χ0n) is 7.48. The Balaban J connectivity index is 3.24. The maximum Gasteiger partial charge on any atom is 0.192 e. The van der Waals surface area contributed by atoms with Crippen LogP contribution in [0.1, 0.15) is 17.4 Å². The van der Waals surface area contributed by atoms with Crippen molar-refractivity contribution in [1.82, 2.24) is 9.55 Å². The fourth-order valence-corrected chi connectivity index (χ4v) is 0.926. The summed E-state index contributed by atoms with van der Waals surface area (Å²) in [5, 5.41) is 0. The van der Waals surface area contributed by atoms with Crippen LogP contribution in [0, 0.1) is 0 Å². The molecular weight excluding hydrogens is 170 g/mol. The molecular formula is C7H11N5O. The summed E-state index contributed by atoms with van der Waals surface area (Å²) in [6.45, 7) is 1.41. The van der Waals surface area contributed by atoms with E-state index in [0.717, 1.165) is 0 Å². The number of Topliss-reactive ketones (excluding diaryl/α,β-unsaturated/α-hetero) is 1. The number of aromatic nitrogens is 2. The molecule has 0 aliphatic heterocycles. The third-order valence-electron chi connectivity index (χ3n) is 1.47. The lowest BCUT2D eigenvalue weighted by Gasteiger charge is -1.97. The highest BCUT2D eigenvalue weighted by molar-refractivity contribution is 5.97. The number of guanidine groups is 1. The van der Waals surface area contributed by atoms with Crippen molar-refractivity contribution in [3.8, 4) is 0 Å². The molecule has 0 aromatic carbocycles. The Morgan fingerprint density at radius 1 is 1.62 bits per heavy atom. The monoisotopic (exact) mass is 181 g/mol. The number of ketones is 1. The summed E-state index contributed by atoms with van der Waals surface area (Å²) >= 11 is 0. The normalized spacial score (nSPS) is 9.69. The fourth-order valence-electron chi connectivity index (χ4n) is 0.926. The molecule has 1 aromatic rings. The Kier molecular flexibility index (Phi) is 2.32. The Labute approximate surface area is 75.3 Å². The Bertz CT molecular complexity index is 361. The van der Waals surface area contributed by atoms with Crippen molar-refractivity contribution in [2.75, 3.05) is 0 Å². The van der Waals surface area contributed by atoms with E-state index >= 15 is 0 Å².